The van der Waals surface area contributed by atoms with Gasteiger partial charge in [-0.1, -0.05) is 50.1 Å². The lowest BCUT2D eigenvalue weighted by Gasteiger charge is -2.14. The molecule has 15 heavy (non-hydrogen) atoms. The van der Waals surface area contributed by atoms with Gasteiger partial charge in [-0.2, -0.15) is 0 Å². The van der Waals surface area contributed by atoms with Gasteiger partial charge in [0, 0.05) is 6.04 Å². The monoisotopic (exact) mass is 201 g/mol. The van der Waals surface area contributed by atoms with Gasteiger partial charge in [-0.3, -0.25) is 0 Å². The molecular formula is C14H19N. The third-order valence-electron chi connectivity index (χ3n) is 2.62. The van der Waals surface area contributed by atoms with Crippen LogP contribution in [-0.2, 0) is 0 Å². The summed E-state index contributed by atoms with van der Waals surface area (Å²) in [7, 11) is 0. The van der Waals surface area contributed by atoms with E-state index in [9.17, 15) is 0 Å². The molecule has 1 heteroatoms. The van der Waals surface area contributed by atoms with Crippen molar-refractivity contribution in [1.82, 2.24) is 5.32 Å². The summed E-state index contributed by atoms with van der Waals surface area (Å²) in [6.07, 6.45) is 11.9. The SMILES string of the molecule is C=C/C=C\C(C=C)=C(\C=C)C1CCCN1. The van der Waals surface area contributed by atoms with Crippen LogP contribution in [0.2, 0.25) is 0 Å². The van der Waals surface area contributed by atoms with Crippen LogP contribution in [0.3, 0.4) is 0 Å². The van der Waals surface area contributed by atoms with E-state index < -0.39 is 0 Å². The Bertz CT molecular complexity index is 301. The van der Waals surface area contributed by atoms with Gasteiger partial charge in [-0.25, -0.2) is 0 Å². The van der Waals surface area contributed by atoms with Gasteiger partial charge < -0.3 is 5.32 Å². The van der Waals surface area contributed by atoms with E-state index in [1.165, 1.54) is 18.4 Å². The summed E-state index contributed by atoms with van der Waals surface area (Å²) in [6, 6.07) is 0.435. The molecule has 1 heterocycles. The first-order valence-corrected chi connectivity index (χ1v) is 5.35. The molecule has 80 valence electrons. The topological polar surface area (TPSA) is 12.0 Å². The minimum absolute atomic E-state index is 0.435. The van der Waals surface area contributed by atoms with Crippen molar-refractivity contribution in [3.63, 3.8) is 0 Å². The first-order chi connectivity index (χ1) is 7.33. The van der Waals surface area contributed by atoms with E-state index in [1.54, 1.807) is 6.08 Å². The summed E-state index contributed by atoms with van der Waals surface area (Å²) >= 11 is 0. The number of allylic oxidation sites excluding steroid dienone is 5. The molecule has 0 radical (unpaired) electrons. The van der Waals surface area contributed by atoms with Crippen LogP contribution in [0.4, 0.5) is 0 Å². The molecule has 1 unspecified atom stereocenters. The molecule has 1 saturated heterocycles. The highest BCUT2D eigenvalue weighted by Crippen LogP contribution is 2.20. The fraction of sp³-hybridized carbons (Fsp3) is 0.286. The largest absolute Gasteiger partial charge is 0.310 e. The Balaban J connectivity index is 2.95. The van der Waals surface area contributed by atoms with Crippen LogP contribution in [0, 0.1) is 0 Å². The molecule has 0 amide bonds. The predicted molar refractivity (Wildman–Crippen MR) is 67.8 cm³/mol. The Morgan fingerprint density at radius 3 is 2.47 bits per heavy atom. The molecule has 1 nitrogen and oxygen atoms in total. The van der Waals surface area contributed by atoms with Crippen molar-refractivity contribution < 1.29 is 0 Å². The van der Waals surface area contributed by atoms with Crippen LogP contribution < -0.4 is 5.32 Å². The summed E-state index contributed by atoms with van der Waals surface area (Å²) in [5.41, 5.74) is 2.37. The molecular weight excluding hydrogens is 182 g/mol. The smallest absolute Gasteiger partial charge is 0.0326 e. The van der Waals surface area contributed by atoms with Crippen LogP contribution in [0.1, 0.15) is 12.8 Å². The van der Waals surface area contributed by atoms with Crippen molar-refractivity contribution in [3.8, 4) is 0 Å². The van der Waals surface area contributed by atoms with Crippen LogP contribution in [0.25, 0.3) is 0 Å². The highest BCUT2D eigenvalue weighted by atomic mass is 14.9. The summed E-state index contributed by atoms with van der Waals surface area (Å²) in [5, 5.41) is 3.46. The van der Waals surface area contributed by atoms with Gasteiger partial charge in [-0.15, -0.1) is 0 Å². The average molecular weight is 201 g/mol. The van der Waals surface area contributed by atoms with Crippen molar-refractivity contribution in [2.24, 2.45) is 0 Å². The molecule has 1 fully saturated rings. The lowest BCUT2D eigenvalue weighted by atomic mass is 9.99. The van der Waals surface area contributed by atoms with E-state index in [1.807, 2.05) is 24.3 Å². The number of hydrogen-bond acceptors (Lipinski definition) is 1. The molecule has 1 N–H and O–H groups in total. The highest BCUT2D eigenvalue weighted by Gasteiger charge is 2.17. The van der Waals surface area contributed by atoms with E-state index in [0.717, 1.165) is 12.1 Å². The zero-order valence-electron chi connectivity index (χ0n) is 9.21. The van der Waals surface area contributed by atoms with Crippen LogP contribution in [0.15, 0.2) is 61.3 Å². The first kappa shape index (κ1) is 11.7. The standard InChI is InChI=1S/C14H19N/c1-4-7-9-12(5-2)13(6-3)14-10-8-11-15-14/h4-7,9,14-15H,1-3,8,10-11H2/b9-7-,13-12-. The predicted octanol–water partition coefficient (Wildman–Crippen LogP) is 3.15. The second-order valence-electron chi connectivity index (χ2n) is 3.56. The first-order valence-electron chi connectivity index (χ1n) is 5.35. The fourth-order valence-electron chi connectivity index (χ4n) is 1.87. The van der Waals surface area contributed by atoms with Gasteiger partial charge in [0.1, 0.15) is 0 Å². The second-order valence-corrected chi connectivity index (χ2v) is 3.56. The van der Waals surface area contributed by atoms with Crippen molar-refractivity contribution in [2.75, 3.05) is 6.54 Å². The summed E-state index contributed by atoms with van der Waals surface area (Å²) in [6.45, 7) is 12.5. The van der Waals surface area contributed by atoms with Crippen LogP contribution >= 0.6 is 0 Å². The van der Waals surface area contributed by atoms with Crippen molar-refractivity contribution >= 4 is 0 Å². The lowest BCUT2D eigenvalue weighted by molar-refractivity contribution is 0.700. The molecule has 0 spiro atoms. The normalized spacial score (nSPS) is 22.5. The third-order valence-corrected chi connectivity index (χ3v) is 2.62. The number of rotatable bonds is 5. The van der Waals surface area contributed by atoms with E-state index >= 15 is 0 Å². The molecule has 1 rings (SSSR count). The zero-order chi connectivity index (χ0) is 11.1. The van der Waals surface area contributed by atoms with Gasteiger partial charge in [0.2, 0.25) is 0 Å². The summed E-state index contributed by atoms with van der Waals surface area (Å²) in [4.78, 5) is 0. The third kappa shape index (κ3) is 3.07. The number of hydrogen-bond donors (Lipinski definition) is 1. The maximum absolute atomic E-state index is 3.88. The maximum Gasteiger partial charge on any atom is 0.0326 e. The molecule has 0 bridgehead atoms. The fourth-order valence-corrected chi connectivity index (χ4v) is 1.87. The quantitative estimate of drug-likeness (QED) is 0.674. The Kier molecular flexibility index (Phi) is 4.85. The lowest BCUT2D eigenvalue weighted by Crippen LogP contribution is -2.23. The second kappa shape index (κ2) is 6.20. The van der Waals surface area contributed by atoms with Crippen molar-refractivity contribution in [3.05, 3.63) is 61.3 Å². The van der Waals surface area contributed by atoms with Crippen LogP contribution in [0.5, 0.6) is 0 Å². The Morgan fingerprint density at radius 2 is 2.00 bits per heavy atom. The van der Waals surface area contributed by atoms with E-state index in [0.29, 0.717) is 6.04 Å². The van der Waals surface area contributed by atoms with Gasteiger partial charge >= 0.3 is 0 Å². The molecule has 0 aromatic rings. The molecule has 1 aliphatic rings. The van der Waals surface area contributed by atoms with Gasteiger partial charge in [0.15, 0.2) is 0 Å². The van der Waals surface area contributed by atoms with Gasteiger partial charge in [0.25, 0.3) is 0 Å². The minimum atomic E-state index is 0.435. The Labute approximate surface area is 92.6 Å². The molecule has 1 aliphatic heterocycles. The molecule has 0 saturated carbocycles. The van der Waals surface area contributed by atoms with E-state index in [-0.39, 0.29) is 0 Å². The highest BCUT2D eigenvalue weighted by molar-refractivity contribution is 5.43. The van der Waals surface area contributed by atoms with Crippen molar-refractivity contribution in [2.45, 2.75) is 18.9 Å². The Morgan fingerprint density at radius 1 is 1.20 bits per heavy atom. The zero-order valence-corrected chi connectivity index (χ0v) is 9.21. The number of nitrogens with one attached hydrogen (secondary N) is 1. The van der Waals surface area contributed by atoms with Gasteiger partial charge in [-0.05, 0) is 30.5 Å². The molecule has 0 aromatic carbocycles. The van der Waals surface area contributed by atoms with Crippen LogP contribution in [-0.4, -0.2) is 12.6 Å². The minimum Gasteiger partial charge on any atom is -0.310 e. The summed E-state index contributed by atoms with van der Waals surface area (Å²) < 4.78 is 0. The molecule has 1 atom stereocenters. The van der Waals surface area contributed by atoms with Crippen molar-refractivity contribution in [1.29, 1.82) is 0 Å². The molecule has 0 aliphatic carbocycles. The van der Waals surface area contributed by atoms with E-state index in [4.69, 9.17) is 0 Å². The summed E-state index contributed by atoms with van der Waals surface area (Å²) in [5.74, 6) is 0. The Hall–Kier alpha value is -1.34. The average Bonchev–Trinajstić information content (AvgIpc) is 2.77. The van der Waals surface area contributed by atoms with Gasteiger partial charge in [0.05, 0.1) is 0 Å². The maximum atomic E-state index is 3.88. The van der Waals surface area contributed by atoms with E-state index in [2.05, 4.69) is 25.1 Å². The molecule has 0 aromatic heterocycles.